The Hall–Kier alpha value is -1.83. The van der Waals surface area contributed by atoms with Gasteiger partial charge in [0.15, 0.2) is 0 Å². The normalized spacial score (nSPS) is 14.8. The lowest BCUT2D eigenvalue weighted by molar-refractivity contribution is 0.772. The highest BCUT2D eigenvalue weighted by molar-refractivity contribution is 5.95. The lowest BCUT2D eigenvalue weighted by atomic mass is 10.1. The first-order chi connectivity index (χ1) is 7.92. The fourth-order valence-corrected chi connectivity index (χ4v) is 2.70. The molecule has 1 aromatic heterocycles. The van der Waals surface area contributed by atoms with Crippen molar-refractivity contribution in [2.24, 2.45) is 0 Å². The van der Waals surface area contributed by atoms with Crippen LogP contribution in [0, 0.1) is 0 Å². The van der Waals surface area contributed by atoms with Crippen molar-refractivity contribution in [2.75, 3.05) is 0 Å². The van der Waals surface area contributed by atoms with Gasteiger partial charge in [0, 0.05) is 13.0 Å². The van der Waals surface area contributed by atoms with Crippen LogP contribution in [0.15, 0.2) is 36.4 Å². The molecule has 0 fully saturated rings. The molecule has 0 aliphatic carbocycles. The molecule has 0 atom stereocenters. The molecule has 0 bridgehead atoms. The van der Waals surface area contributed by atoms with Crippen LogP contribution >= 0.6 is 0 Å². The molecular weight excluding hydrogens is 196 g/mol. The number of rotatable bonds is 0. The Kier molecular flexibility index (Phi) is 1.48. The number of nitrogens with zero attached hydrogens (tertiary/aromatic N) is 2. The number of fused-ring (bicyclic) bond motifs is 4. The summed E-state index contributed by atoms with van der Waals surface area (Å²) < 4.78 is 2.36. The summed E-state index contributed by atoms with van der Waals surface area (Å²) in [6.45, 7) is 1.13. The number of imidazole rings is 1. The summed E-state index contributed by atoms with van der Waals surface area (Å²) in [5.41, 5.74) is 2.44. The molecule has 3 aromatic rings. The molecule has 0 saturated carbocycles. The molecule has 0 amide bonds. The molecule has 1 aliphatic rings. The van der Waals surface area contributed by atoms with Crippen molar-refractivity contribution in [2.45, 2.75) is 19.4 Å². The Morgan fingerprint density at radius 1 is 1.06 bits per heavy atom. The van der Waals surface area contributed by atoms with Gasteiger partial charge in [-0.15, -0.1) is 0 Å². The minimum Gasteiger partial charge on any atom is -0.328 e. The van der Waals surface area contributed by atoms with E-state index < -0.39 is 0 Å². The molecule has 0 spiro atoms. The molecule has 16 heavy (non-hydrogen) atoms. The molecule has 0 radical (unpaired) electrons. The topological polar surface area (TPSA) is 17.8 Å². The Labute approximate surface area is 93.5 Å². The number of aryl methyl sites for hydroxylation is 2. The van der Waals surface area contributed by atoms with Crippen LogP contribution in [0.2, 0.25) is 0 Å². The molecule has 0 saturated heterocycles. The summed E-state index contributed by atoms with van der Waals surface area (Å²) >= 11 is 0. The van der Waals surface area contributed by atoms with E-state index in [0.29, 0.717) is 0 Å². The number of hydrogen-bond acceptors (Lipinski definition) is 1. The highest BCUT2D eigenvalue weighted by Gasteiger charge is 2.15. The zero-order chi connectivity index (χ0) is 10.5. The van der Waals surface area contributed by atoms with E-state index in [1.807, 2.05) is 0 Å². The fraction of sp³-hybridized carbons (Fsp3) is 0.214. The van der Waals surface area contributed by atoms with E-state index >= 15 is 0 Å². The molecule has 78 valence electrons. The van der Waals surface area contributed by atoms with Gasteiger partial charge in [-0.1, -0.05) is 24.3 Å². The maximum Gasteiger partial charge on any atom is 0.109 e. The third-order valence-electron chi connectivity index (χ3n) is 3.48. The first kappa shape index (κ1) is 8.34. The van der Waals surface area contributed by atoms with Crippen LogP contribution in [-0.4, -0.2) is 9.55 Å². The Balaban J connectivity index is 2.17. The molecule has 2 heterocycles. The number of benzene rings is 2. The molecule has 2 nitrogen and oxygen atoms in total. The standard InChI is InChI=1S/C14H12N2/c1-2-5-11-9-13-12(8-10(11)4-1)15-14-6-3-7-16(13)14/h1-2,4-5,8-9H,3,6-7H2. The predicted octanol–water partition coefficient (Wildman–Crippen LogP) is 3.14. The van der Waals surface area contributed by atoms with E-state index in [-0.39, 0.29) is 0 Å². The van der Waals surface area contributed by atoms with Gasteiger partial charge in [-0.2, -0.15) is 0 Å². The van der Waals surface area contributed by atoms with Crippen molar-refractivity contribution in [3.8, 4) is 0 Å². The average Bonchev–Trinajstić information content (AvgIpc) is 2.86. The Morgan fingerprint density at radius 2 is 1.88 bits per heavy atom. The van der Waals surface area contributed by atoms with Crippen molar-refractivity contribution in [1.29, 1.82) is 0 Å². The highest BCUT2D eigenvalue weighted by atomic mass is 15.1. The quantitative estimate of drug-likeness (QED) is 0.555. The van der Waals surface area contributed by atoms with Crippen molar-refractivity contribution in [3.05, 3.63) is 42.2 Å². The molecule has 4 rings (SSSR count). The largest absolute Gasteiger partial charge is 0.328 e. The minimum atomic E-state index is 1.13. The fourth-order valence-electron chi connectivity index (χ4n) is 2.70. The third kappa shape index (κ3) is 0.990. The molecular formula is C14H12N2. The molecule has 2 aromatic carbocycles. The smallest absolute Gasteiger partial charge is 0.109 e. The first-order valence-electron chi connectivity index (χ1n) is 5.80. The van der Waals surface area contributed by atoms with E-state index in [1.54, 1.807) is 0 Å². The summed E-state index contributed by atoms with van der Waals surface area (Å²) in [4.78, 5) is 4.71. The minimum absolute atomic E-state index is 1.13. The van der Waals surface area contributed by atoms with Gasteiger partial charge >= 0.3 is 0 Å². The van der Waals surface area contributed by atoms with Crippen LogP contribution < -0.4 is 0 Å². The zero-order valence-corrected chi connectivity index (χ0v) is 8.98. The van der Waals surface area contributed by atoms with Gasteiger partial charge in [-0.3, -0.25) is 0 Å². The monoisotopic (exact) mass is 208 g/mol. The van der Waals surface area contributed by atoms with E-state index in [0.717, 1.165) is 18.5 Å². The lowest BCUT2D eigenvalue weighted by Gasteiger charge is -2.00. The van der Waals surface area contributed by atoms with Gasteiger partial charge in [0.05, 0.1) is 11.0 Å². The summed E-state index contributed by atoms with van der Waals surface area (Å²) in [5, 5.41) is 2.59. The van der Waals surface area contributed by atoms with Gasteiger partial charge in [-0.05, 0) is 29.3 Å². The summed E-state index contributed by atoms with van der Waals surface area (Å²) in [5.74, 6) is 1.25. The maximum atomic E-state index is 4.71. The second-order valence-electron chi connectivity index (χ2n) is 4.47. The van der Waals surface area contributed by atoms with Crippen molar-refractivity contribution in [3.63, 3.8) is 0 Å². The van der Waals surface area contributed by atoms with Crippen LogP contribution in [0.3, 0.4) is 0 Å². The second-order valence-corrected chi connectivity index (χ2v) is 4.47. The molecule has 2 heteroatoms. The Bertz CT molecular complexity index is 694. The predicted molar refractivity (Wildman–Crippen MR) is 65.6 cm³/mol. The van der Waals surface area contributed by atoms with E-state index in [1.165, 1.54) is 28.5 Å². The SMILES string of the molecule is c1ccc2cc3c(cc2c1)nc1n3CCC1. The molecule has 0 N–H and O–H groups in total. The van der Waals surface area contributed by atoms with E-state index in [2.05, 4.69) is 41.0 Å². The first-order valence-corrected chi connectivity index (χ1v) is 5.80. The second kappa shape index (κ2) is 2.85. The Morgan fingerprint density at radius 3 is 2.75 bits per heavy atom. The van der Waals surface area contributed by atoms with Crippen molar-refractivity contribution >= 4 is 21.8 Å². The van der Waals surface area contributed by atoms with Gasteiger partial charge < -0.3 is 4.57 Å². The van der Waals surface area contributed by atoms with Gasteiger partial charge in [-0.25, -0.2) is 4.98 Å². The zero-order valence-electron chi connectivity index (χ0n) is 8.98. The highest BCUT2D eigenvalue weighted by Crippen LogP contribution is 2.26. The lowest BCUT2D eigenvalue weighted by Crippen LogP contribution is -1.90. The molecule has 1 aliphatic heterocycles. The maximum absolute atomic E-state index is 4.71. The van der Waals surface area contributed by atoms with E-state index in [4.69, 9.17) is 4.98 Å². The summed E-state index contributed by atoms with van der Waals surface area (Å²) in [7, 11) is 0. The average molecular weight is 208 g/mol. The number of hydrogen-bond donors (Lipinski definition) is 0. The number of aromatic nitrogens is 2. The molecule has 0 unspecified atom stereocenters. The van der Waals surface area contributed by atoms with Crippen LogP contribution in [0.5, 0.6) is 0 Å². The van der Waals surface area contributed by atoms with Gasteiger partial charge in [0.2, 0.25) is 0 Å². The van der Waals surface area contributed by atoms with Gasteiger partial charge in [0.1, 0.15) is 5.82 Å². The van der Waals surface area contributed by atoms with Crippen molar-refractivity contribution < 1.29 is 0 Å². The van der Waals surface area contributed by atoms with Gasteiger partial charge in [0.25, 0.3) is 0 Å². The van der Waals surface area contributed by atoms with Crippen LogP contribution in [0.25, 0.3) is 21.8 Å². The van der Waals surface area contributed by atoms with Crippen LogP contribution in [0.4, 0.5) is 0 Å². The third-order valence-corrected chi connectivity index (χ3v) is 3.48. The van der Waals surface area contributed by atoms with E-state index in [9.17, 15) is 0 Å². The van der Waals surface area contributed by atoms with Crippen molar-refractivity contribution in [1.82, 2.24) is 9.55 Å². The summed E-state index contributed by atoms with van der Waals surface area (Å²) in [6.07, 6.45) is 2.37. The summed E-state index contributed by atoms with van der Waals surface area (Å²) in [6, 6.07) is 13.0. The van der Waals surface area contributed by atoms with Crippen LogP contribution in [-0.2, 0) is 13.0 Å². The van der Waals surface area contributed by atoms with Crippen LogP contribution in [0.1, 0.15) is 12.2 Å².